The number of unbranched alkanes of at least 4 members (excludes halogenated alkanes) is 4. The first-order chi connectivity index (χ1) is 10.3. The lowest BCUT2D eigenvalue weighted by Crippen LogP contribution is -2.28. The molecule has 1 aromatic carbocycles. The molecule has 21 heavy (non-hydrogen) atoms. The number of nitrogens with one attached hydrogen (secondary N) is 2. The average molecular weight is 306 g/mol. The second kappa shape index (κ2) is 11.1. The van der Waals surface area contributed by atoms with Gasteiger partial charge in [-0.15, -0.1) is 6.58 Å². The van der Waals surface area contributed by atoms with Crippen LogP contribution in [-0.4, -0.2) is 18.3 Å². The highest BCUT2D eigenvalue weighted by atomic mass is 32.1. The van der Waals surface area contributed by atoms with Crippen molar-refractivity contribution in [1.82, 2.24) is 5.32 Å². The molecule has 3 nitrogen and oxygen atoms in total. The van der Waals surface area contributed by atoms with Gasteiger partial charge in [-0.05, 0) is 42.9 Å². The Kier molecular flexibility index (Phi) is 9.29. The highest BCUT2D eigenvalue weighted by Gasteiger charge is 1.98. The zero-order valence-corrected chi connectivity index (χ0v) is 13.7. The maximum atomic E-state index is 5.72. The molecule has 1 rings (SSSR count). The molecule has 0 unspecified atom stereocenters. The number of ether oxygens (including phenoxy) is 1. The molecule has 0 saturated carbocycles. The van der Waals surface area contributed by atoms with Crippen LogP contribution in [0.3, 0.4) is 0 Å². The van der Waals surface area contributed by atoms with E-state index < -0.39 is 0 Å². The maximum absolute atomic E-state index is 5.72. The van der Waals surface area contributed by atoms with Gasteiger partial charge >= 0.3 is 0 Å². The van der Waals surface area contributed by atoms with Crippen LogP contribution in [0.2, 0.25) is 0 Å². The van der Waals surface area contributed by atoms with Crippen molar-refractivity contribution in [1.29, 1.82) is 0 Å². The van der Waals surface area contributed by atoms with Crippen LogP contribution in [0.1, 0.15) is 39.0 Å². The predicted octanol–water partition coefficient (Wildman–Crippen LogP) is 4.51. The molecule has 0 bridgehead atoms. The molecule has 0 aliphatic heterocycles. The Morgan fingerprint density at radius 2 is 1.90 bits per heavy atom. The number of rotatable bonds is 10. The van der Waals surface area contributed by atoms with E-state index in [1.54, 1.807) is 6.08 Å². The van der Waals surface area contributed by atoms with Gasteiger partial charge in [-0.25, -0.2) is 0 Å². The summed E-state index contributed by atoms with van der Waals surface area (Å²) in [7, 11) is 0. The smallest absolute Gasteiger partial charge is 0.171 e. The second-order valence-electron chi connectivity index (χ2n) is 4.91. The molecule has 0 aromatic heterocycles. The number of thiocarbonyl (C=S) groups is 1. The van der Waals surface area contributed by atoms with E-state index in [4.69, 9.17) is 17.0 Å². The molecule has 0 atom stereocenters. The van der Waals surface area contributed by atoms with Gasteiger partial charge < -0.3 is 15.4 Å². The molecule has 0 aliphatic carbocycles. The Bertz CT molecular complexity index is 417. The summed E-state index contributed by atoms with van der Waals surface area (Å²) >= 11 is 5.15. The standard InChI is InChI=1S/C17H26N2OS/c1-3-5-6-7-8-14-20-16-11-9-15(10-12-16)19-17(21)18-13-4-2/h4,9-12H,2-3,5-8,13-14H2,1H3,(H2,18,19,21). The van der Waals surface area contributed by atoms with Crippen molar-refractivity contribution in [2.24, 2.45) is 0 Å². The molecule has 4 heteroatoms. The topological polar surface area (TPSA) is 33.3 Å². The Morgan fingerprint density at radius 1 is 1.19 bits per heavy atom. The summed E-state index contributed by atoms with van der Waals surface area (Å²) in [5.41, 5.74) is 0.951. The summed E-state index contributed by atoms with van der Waals surface area (Å²) in [5, 5.41) is 6.73. The van der Waals surface area contributed by atoms with Crippen LogP contribution in [0.15, 0.2) is 36.9 Å². The minimum atomic E-state index is 0.597. The highest BCUT2D eigenvalue weighted by Crippen LogP contribution is 2.16. The minimum Gasteiger partial charge on any atom is -0.494 e. The van der Waals surface area contributed by atoms with Crippen LogP contribution in [-0.2, 0) is 0 Å². The third-order valence-corrected chi connectivity index (χ3v) is 3.28. The lowest BCUT2D eigenvalue weighted by Gasteiger charge is -2.10. The fourth-order valence-electron chi connectivity index (χ4n) is 1.87. The first-order valence-corrected chi connectivity index (χ1v) is 8.05. The van der Waals surface area contributed by atoms with Crippen LogP contribution in [0.4, 0.5) is 5.69 Å². The minimum absolute atomic E-state index is 0.597. The molecule has 0 spiro atoms. The quantitative estimate of drug-likeness (QED) is 0.378. The van der Waals surface area contributed by atoms with Crippen LogP contribution in [0, 0.1) is 0 Å². The summed E-state index contributed by atoms with van der Waals surface area (Å²) in [6, 6.07) is 7.86. The monoisotopic (exact) mass is 306 g/mol. The van der Waals surface area contributed by atoms with Crippen molar-refractivity contribution in [3.8, 4) is 5.75 Å². The Morgan fingerprint density at radius 3 is 2.57 bits per heavy atom. The normalized spacial score (nSPS) is 9.95. The van der Waals surface area contributed by atoms with Crippen molar-refractivity contribution >= 4 is 23.0 Å². The van der Waals surface area contributed by atoms with Crippen LogP contribution < -0.4 is 15.4 Å². The van der Waals surface area contributed by atoms with Gasteiger partial charge in [0, 0.05) is 12.2 Å². The summed E-state index contributed by atoms with van der Waals surface area (Å²) in [4.78, 5) is 0. The summed E-state index contributed by atoms with van der Waals surface area (Å²) < 4.78 is 5.72. The third kappa shape index (κ3) is 8.35. The predicted molar refractivity (Wildman–Crippen MR) is 95.1 cm³/mol. The van der Waals surface area contributed by atoms with Crippen molar-refractivity contribution in [3.63, 3.8) is 0 Å². The molecule has 0 saturated heterocycles. The lowest BCUT2D eigenvalue weighted by atomic mass is 10.2. The van der Waals surface area contributed by atoms with Gasteiger partial charge in [0.05, 0.1) is 6.61 Å². The van der Waals surface area contributed by atoms with Crippen LogP contribution in [0.5, 0.6) is 5.75 Å². The Labute approximate surface area is 133 Å². The molecule has 0 aliphatic rings. The van der Waals surface area contributed by atoms with Crippen molar-refractivity contribution in [2.75, 3.05) is 18.5 Å². The van der Waals surface area contributed by atoms with Gasteiger partial charge in [0.1, 0.15) is 5.75 Å². The van der Waals surface area contributed by atoms with Crippen LogP contribution in [0.25, 0.3) is 0 Å². The van der Waals surface area contributed by atoms with Crippen molar-refractivity contribution < 1.29 is 4.74 Å². The van der Waals surface area contributed by atoms with E-state index in [9.17, 15) is 0 Å². The molecule has 116 valence electrons. The molecule has 0 fully saturated rings. The highest BCUT2D eigenvalue weighted by molar-refractivity contribution is 7.80. The third-order valence-electron chi connectivity index (χ3n) is 3.04. The van der Waals surface area contributed by atoms with Gasteiger partial charge in [-0.1, -0.05) is 38.7 Å². The second-order valence-corrected chi connectivity index (χ2v) is 5.32. The van der Waals surface area contributed by atoms with E-state index in [1.165, 1.54) is 25.7 Å². The molecule has 0 amide bonds. The SMILES string of the molecule is C=CCNC(=S)Nc1ccc(OCCCCCCC)cc1. The molecule has 1 aromatic rings. The van der Waals surface area contributed by atoms with E-state index in [2.05, 4.69) is 24.1 Å². The van der Waals surface area contributed by atoms with Crippen molar-refractivity contribution in [2.45, 2.75) is 39.0 Å². The summed E-state index contributed by atoms with van der Waals surface area (Å²) in [6.45, 7) is 7.31. The zero-order valence-electron chi connectivity index (χ0n) is 12.9. The van der Waals surface area contributed by atoms with Gasteiger partial charge in [0.15, 0.2) is 5.11 Å². The zero-order chi connectivity index (χ0) is 15.3. The molecule has 2 N–H and O–H groups in total. The first kappa shape index (κ1) is 17.5. The lowest BCUT2D eigenvalue weighted by molar-refractivity contribution is 0.304. The summed E-state index contributed by atoms with van der Waals surface area (Å²) in [6.07, 6.45) is 8.04. The van der Waals surface area contributed by atoms with E-state index in [0.717, 1.165) is 24.5 Å². The first-order valence-electron chi connectivity index (χ1n) is 7.65. The number of hydrogen-bond donors (Lipinski definition) is 2. The van der Waals surface area contributed by atoms with Gasteiger partial charge in [-0.2, -0.15) is 0 Å². The van der Waals surface area contributed by atoms with Crippen molar-refractivity contribution in [3.05, 3.63) is 36.9 Å². The van der Waals surface area contributed by atoms with Gasteiger partial charge in [0.25, 0.3) is 0 Å². The average Bonchev–Trinajstić information content (AvgIpc) is 2.50. The number of benzene rings is 1. The van der Waals surface area contributed by atoms with Crippen LogP contribution >= 0.6 is 12.2 Å². The fourth-order valence-corrected chi connectivity index (χ4v) is 2.07. The van der Waals surface area contributed by atoms with E-state index in [0.29, 0.717) is 11.7 Å². The van der Waals surface area contributed by atoms with Gasteiger partial charge in [0.2, 0.25) is 0 Å². The van der Waals surface area contributed by atoms with E-state index >= 15 is 0 Å². The van der Waals surface area contributed by atoms with Gasteiger partial charge in [-0.3, -0.25) is 0 Å². The number of anilines is 1. The summed E-state index contributed by atoms with van der Waals surface area (Å²) in [5.74, 6) is 0.904. The van der Waals surface area contributed by atoms with E-state index in [1.807, 2.05) is 24.3 Å². The molecule has 0 heterocycles. The fraction of sp³-hybridized carbons (Fsp3) is 0.471. The largest absolute Gasteiger partial charge is 0.494 e. The molecule has 0 radical (unpaired) electrons. The van der Waals surface area contributed by atoms with E-state index in [-0.39, 0.29) is 0 Å². The Balaban J connectivity index is 2.23. The Hall–Kier alpha value is -1.55. The maximum Gasteiger partial charge on any atom is 0.171 e. The number of hydrogen-bond acceptors (Lipinski definition) is 2. The molecular weight excluding hydrogens is 280 g/mol. The molecular formula is C17H26N2OS.